The number of nitrogens with one attached hydrogen (secondary N) is 1. The van der Waals surface area contributed by atoms with Gasteiger partial charge in [0.2, 0.25) is 0 Å². The van der Waals surface area contributed by atoms with E-state index in [4.69, 9.17) is 10.3 Å². The molecule has 0 spiro atoms. The minimum atomic E-state index is -2.86. The summed E-state index contributed by atoms with van der Waals surface area (Å²) in [6, 6.07) is 6.49. The number of H-pyrrole nitrogens is 1. The summed E-state index contributed by atoms with van der Waals surface area (Å²) in [6.07, 6.45) is 3.79. The van der Waals surface area contributed by atoms with E-state index in [1.54, 1.807) is 6.07 Å². The van der Waals surface area contributed by atoms with Crippen molar-refractivity contribution in [1.29, 1.82) is 0 Å². The van der Waals surface area contributed by atoms with Crippen molar-refractivity contribution in [3.8, 4) is 17.3 Å². The SMILES string of the molecule is NC1(c2noc(-c3cc4ccc(OC(F)F)cc4[nH]3)n2)CCCC1. The van der Waals surface area contributed by atoms with Crippen molar-refractivity contribution in [1.82, 2.24) is 15.1 Å². The van der Waals surface area contributed by atoms with Crippen LogP contribution in [0.15, 0.2) is 28.8 Å². The Morgan fingerprint density at radius 1 is 1.25 bits per heavy atom. The van der Waals surface area contributed by atoms with Gasteiger partial charge in [-0.2, -0.15) is 13.8 Å². The number of aromatic nitrogens is 3. The molecular formula is C16H16F2N4O2. The van der Waals surface area contributed by atoms with Gasteiger partial charge >= 0.3 is 6.61 Å². The first-order valence-electron chi connectivity index (χ1n) is 7.74. The van der Waals surface area contributed by atoms with Crippen molar-refractivity contribution in [2.75, 3.05) is 0 Å². The molecule has 0 unspecified atom stereocenters. The Labute approximate surface area is 136 Å². The van der Waals surface area contributed by atoms with Crippen LogP contribution >= 0.6 is 0 Å². The van der Waals surface area contributed by atoms with Crippen LogP contribution in [-0.4, -0.2) is 21.7 Å². The molecule has 0 saturated heterocycles. The Balaban J connectivity index is 1.65. The van der Waals surface area contributed by atoms with Gasteiger partial charge in [0, 0.05) is 17.0 Å². The Bertz CT molecular complexity index is 868. The molecule has 2 heterocycles. The molecule has 1 fully saturated rings. The minimum absolute atomic E-state index is 0.0870. The summed E-state index contributed by atoms with van der Waals surface area (Å²) in [5, 5.41) is 4.85. The zero-order valence-corrected chi connectivity index (χ0v) is 12.8. The van der Waals surface area contributed by atoms with Gasteiger partial charge in [-0.05, 0) is 31.0 Å². The van der Waals surface area contributed by atoms with Crippen molar-refractivity contribution in [3.05, 3.63) is 30.1 Å². The first-order chi connectivity index (χ1) is 11.5. The third-order valence-corrected chi connectivity index (χ3v) is 4.42. The van der Waals surface area contributed by atoms with E-state index in [0.717, 1.165) is 31.1 Å². The lowest BCUT2D eigenvalue weighted by atomic mass is 9.99. The third-order valence-electron chi connectivity index (χ3n) is 4.42. The van der Waals surface area contributed by atoms with Crippen LogP contribution in [0.25, 0.3) is 22.5 Å². The molecule has 0 amide bonds. The summed E-state index contributed by atoms with van der Waals surface area (Å²) < 4.78 is 34.3. The van der Waals surface area contributed by atoms with E-state index in [1.165, 1.54) is 12.1 Å². The molecule has 2 aromatic heterocycles. The predicted molar refractivity (Wildman–Crippen MR) is 82.6 cm³/mol. The van der Waals surface area contributed by atoms with E-state index in [-0.39, 0.29) is 5.75 Å². The average molecular weight is 334 g/mol. The molecule has 0 radical (unpaired) electrons. The maximum absolute atomic E-state index is 12.3. The number of alkyl halides is 2. The highest BCUT2D eigenvalue weighted by Gasteiger charge is 2.36. The Morgan fingerprint density at radius 2 is 2.04 bits per heavy atom. The van der Waals surface area contributed by atoms with Gasteiger partial charge in [-0.15, -0.1) is 0 Å². The first kappa shape index (κ1) is 15.1. The minimum Gasteiger partial charge on any atom is -0.435 e. The molecule has 3 N–H and O–H groups in total. The van der Waals surface area contributed by atoms with E-state index in [2.05, 4.69) is 19.9 Å². The van der Waals surface area contributed by atoms with Gasteiger partial charge in [0.05, 0.1) is 5.54 Å². The predicted octanol–water partition coefficient (Wildman–Crippen LogP) is 3.55. The number of nitrogens with zero attached hydrogens (tertiary/aromatic N) is 2. The van der Waals surface area contributed by atoms with Crippen LogP contribution in [-0.2, 0) is 5.54 Å². The largest absolute Gasteiger partial charge is 0.435 e. The number of ether oxygens (including phenoxy) is 1. The zero-order valence-electron chi connectivity index (χ0n) is 12.8. The highest BCUT2D eigenvalue weighted by molar-refractivity contribution is 5.85. The standard InChI is InChI=1S/C16H16F2N4O2/c17-15(18)23-10-4-3-9-7-12(20-11(9)8-10)13-21-14(22-24-13)16(19)5-1-2-6-16/h3-4,7-8,15,20H,1-2,5-6,19H2. The zero-order chi connectivity index (χ0) is 16.7. The lowest BCUT2D eigenvalue weighted by molar-refractivity contribution is -0.0497. The molecule has 0 bridgehead atoms. The van der Waals surface area contributed by atoms with Crippen molar-refractivity contribution in [3.63, 3.8) is 0 Å². The van der Waals surface area contributed by atoms with E-state index in [1.807, 2.05) is 6.07 Å². The molecule has 4 rings (SSSR count). The van der Waals surface area contributed by atoms with Crippen LogP contribution in [0, 0.1) is 0 Å². The van der Waals surface area contributed by atoms with Crippen LogP contribution in [0.2, 0.25) is 0 Å². The van der Waals surface area contributed by atoms with Crippen LogP contribution in [0.3, 0.4) is 0 Å². The Kier molecular flexibility index (Phi) is 3.49. The highest BCUT2D eigenvalue weighted by Crippen LogP contribution is 2.35. The molecule has 0 aliphatic heterocycles. The van der Waals surface area contributed by atoms with Gasteiger partial charge in [-0.25, -0.2) is 0 Å². The van der Waals surface area contributed by atoms with Gasteiger partial charge in [-0.3, -0.25) is 0 Å². The molecule has 1 saturated carbocycles. The number of hydrogen-bond acceptors (Lipinski definition) is 5. The number of rotatable bonds is 4. The summed E-state index contributed by atoms with van der Waals surface area (Å²) >= 11 is 0. The molecular weight excluding hydrogens is 318 g/mol. The van der Waals surface area contributed by atoms with Crippen molar-refractivity contribution in [2.24, 2.45) is 5.73 Å². The smallest absolute Gasteiger partial charge is 0.387 e. The maximum atomic E-state index is 12.3. The monoisotopic (exact) mass is 334 g/mol. The molecule has 1 aromatic carbocycles. The molecule has 24 heavy (non-hydrogen) atoms. The van der Waals surface area contributed by atoms with Gasteiger partial charge in [0.1, 0.15) is 11.4 Å². The van der Waals surface area contributed by atoms with Gasteiger partial charge in [-0.1, -0.05) is 18.0 Å². The summed E-state index contributed by atoms with van der Waals surface area (Å²) in [5.74, 6) is 0.925. The Morgan fingerprint density at radius 3 is 2.79 bits per heavy atom. The second kappa shape index (κ2) is 5.55. The van der Waals surface area contributed by atoms with Gasteiger partial charge < -0.3 is 20.0 Å². The molecule has 6 nitrogen and oxygen atoms in total. The van der Waals surface area contributed by atoms with E-state index in [0.29, 0.717) is 22.9 Å². The second-order valence-corrected chi connectivity index (χ2v) is 6.10. The topological polar surface area (TPSA) is 90.0 Å². The second-order valence-electron chi connectivity index (χ2n) is 6.10. The molecule has 1 aliphatic rings. The summed E-state index contributed by atoms with van der Waals surface area (Å²) in [7, 11) is 0. The van der Waals surface area contributed by atoms with Crippen molar-refractivity contribution in [2.45, 2.75) is 37.8 Å². The molecule has 1 aliphatic carbocycles. The average Bonchev–Trinajstić information content (AvgIpc) is 3.24. The lowest BCUT2D eigenvalue weighted by Crippen LogP contribution is -2.34. The molecule has 126 valence electrons. The van der Waals surface area contributed by atoms with Gasteiger partial charge in [0.25, 0.3) is 5.89 Å². The van der Waals surface area contributed by atoms with Gasteiger partial charge in [0.15, 0.2) is 5.82 Å². The molecule has 8 heteroatoms. The fourth-order valence-corrected chi connectivity index (χ4v) is 3.16. The molecule has 3 aromatic rings. The maximum Gasteiger partial charge on any atom is 0.387 e. The number of nitrogens with two attached hydrogens (primary N) is 1. The first-order valence-corrected chi connectivity index (χ1v) is 7.74. The van der Waals surface area contributed by atoms with E-state index >= 15 is 0 Å². The lowest BCUT2D eigenvalue weighted by Gasteiger charge is -2.17. The summed E-state index contributed by atoms with van der Waals surface area (Å²) in [5.41, 5.74) is 7.06. The fraction of sp³-hybridized carbons (Fsp3) is 0.375. The number of benzene rings is 1. The number of aromatic amines is 1. The van der Waals surface area contributed by atoms with Crippen LogP contribution < -0.4 is 10.5 Å². The normalized spacial score (nSPS) is 17.0. The number of hydrogen-bond donors (Lipinski definition) is 2. The summed E-state index contributed by atoms with van der Waals surface area (Å²) in [4.78, 5) is 7.50. The molecule has 0 atom stereocenters. The van der Waals surface area contributed by atoms with Crippen LogP contribution in [0.1, 0.15) is 31.5 Å². The van der Waals surface area contributed by atoms with E-state index < -0.39 is 12.2 Å². The van der Waals surface area contributed by atoms with Crippen LogP contribution in [0.5, 0.6) is 5.75 Å². The quantitative estimate of drug-likeness (QED) is 0.761. The Hall–Kier alpha value is -2.48. The number of fused-ring (bicyclic) bond motifs is 1. The third kappa shape index (κ3) is 2.62. The summed E-state index contributed by atoms with van der Waals surface area (Å²) in [6.45, 7) is -2.86. The number of halogens is 2. The van der Waals surface area contributed by atoms with Crippen molar-refractivity contribution >= 4 is 10.9 Å². The van der Waals surface area contributed by atoms with E-state index in [9.17, 15) is 8.78 Å². The highest BCUT2D eigenvalue weighted by atomic mass is 19.3. The fourth-order valence-electron chi connectivity index (χ4n) is 3.16. The van der Waals surface area contributed by atoms with Crippen molar-refractivity contribution < 1.29 is 18.0 Å². The van der Waals surface area contributed by atoms with Crippen LogP contribution in [0.4, 0.5) is 8.78 Å².